The van der Waals surface area contributed by atoms with Crippen molar-refractivity contribution in [3.05, 3.63) is 106 Å². The molecule has 4 atom stereocenters. The molecule has 0 amide bonds. The molecular weight excluding hydrogens is 436 g/mol. The SMILES string of the molecule is C[C@]1(c2ccc(Br)cc2)OC[C@H]2C[C@]21[C@H](OCCc1ccccc1)c1ccccc1. The minimum atomic E-state index is -0.356. The first-order chi connectivity index (χ1) is 14.6. The van der Waals surface area contributed by atoms with Gasteiger partial charge in [0.25, 0.3) is 0 Å². The van der Waals surface area contributed by atoms with Crippen molar-refractivity contribution in [2.75, 3.05) is 13.2 Å². The lowest BCUT2D eigenvalue weighted by molar-refractivity contribution is -0.108. The van der Waals surface area contributed by atoms with Crippen LogP contribution in [0.15, 0.2) is 89.4 Å². The third-order valence-corrected chi connectivity index (χ3v) is 7.63. The third-order valence-electron chi connectivity index (χ3n) is 7.10. The maximum absolute atomic E-state index is 6.71. The van der Waals surface area contributed by atoms with E-state index in [4.69, 9.17) is 9.47 Å². The minimum absolute atomic E-state index is 0.0172. The van der Waals surface area contributed by atoms with Crippen LogP contribution in [0.3, 0.4) is 0 Å². The van der Waals surface area contributed by atoms with Gasteiger partial charge < -0.3 is 9.47 Å². The molecule has 1 heterocycles. The Morgan fingerprint density at radius 3 is 2.30 bits per heavy atom. The van der Waals surface area contributed by atoms with E-state index in [0.29, 0.717) is 12.5 Å². The molecule has 0 spiro atoms. The molecule has 0 bridgehead atoms. The number of halogens is 1. The Hall–Kier alpha value is -1.94. The highest BCUT2D eigenvalue weighted by molar-refractivity contribution is 9.10. The van der Waals surface area contributed by atoms with Crippen LogP contribution in [0.25, 0.3) is 0 Å². The normalized spacial score (nSPS) is 28.1. The number of fused-ring (bicyclic) bond motifs is 1. The number of benzene rings is 3. The summed E-state index contributed by atoms with van der Waals surface area (Å²) < 4.78 is 14.3. The van der Waals surface area contributed by atoms with Gasteiger partial charge in [0.2, 0.25) is 0 Å². The van der Waals surface area contributed by atoms with Crippen LogP contribution in [0.4, 0.5) is 0 Å². The van der Waals surface area contributed by atoms with Gasteiger partial charge in [0.1, 0.15) is 0 Å². The molecule has 0 N–H and O–H groups in total. The molecule has 0 unspecified atom stereocenters. The second-order valence-corrected chi connectivity index (χ2v) is 9.61. The quantitative estimate of drug-likeness (QED) is 0.388. The highest BCUT2D eigenvalue weighted by Gasteiger charge is 2.74. The van der Waals surface area contributed by atoms with E-state index < -0.39 is 0 Å². The summed E-state index contributed by atoms with van der Waals surface area (Å²) in [6.45, 7) is 3.77. The molecule has 30 heavy (non-hydrogen) atoms. The lowest BCUT2D eigenvalue weighted by Gasteiger charge is -2.40. The van der Waals surface area contributed by atoms with Gasteiger partial charge >= 0.3 is 0 Å². The van der Waals surface area contributed by atoms with Gasteiger partial charge in [-0.1, -0.05) is 88.7 Å². The molecule has 3 aromatic rings. The van der Waals surface area contributed by atoms with E-state index in [0.717, 1.165) is 23.9 Å². The van der Waals surface area contributed by atoms with Crippen molar-refractivity contribution < 1.29 is 9.47 Å². The van der Waals surface area contributed by atoms with E-state index in [1.54, 1.807) is 0 Å². The largest absolute Gasteiger partial charge is 0.372 e. The van der Waals surface area contributed by atoms with Crippen LogP contribution in [0.5, 0.6) is 0 Å². The van der Waals surface area contributed by atoms with E-state index in [1.165, 1.54) is 16.7 Å². The Morgan fingerprint density at radius 2 is 1.63 bits per heavy atom. The zero-order chi connectivity index (χ0) is 20.6. The second kappa shape index (κ2) is 7.96. The summed E-state index contributed by atoms with van der Waals surface area (Å²) in [7, 11) is 0. The zero-order valence-electron chi connectivity index (χ0n) is 17.3. The fourth-order valence-electron chi connectivity index (χ4n) is 5.34. The van der Waals surface area contributed by atoms with Crippen LogP contribution in [-0.2, 0) is 21.5 Å². The van der Waals surface area contributed by atoms with Crippen molar-refractivity contribution >= 4 is 15.9 Å². The molecule has 1 aliphatic carbocycles. The molecule has 3 aromatic carbocycles. The number of rotatable bonds is 7. The van der Waals surface area contributed by atoms with Crippen LogP contribution in [0.2, 0.25) is 0 Å². The lowest BCUT2D eigenvalue weighted by Crippen LogP contribution is -2.38. The molecule has 1 saturated carbocycles. The maximum atomic E-state index is 6.71. The van der Waals surface area contributed by atoms with Gasteiger partial charge in [0.05, 0.1) is 24.9 Å². The highest BCUT2D eigenvalue weighted by Crippen LogP contribution is 2.75. The van der Waals surface area contributed by atoms with Crippen molar-refractivity contribution in [1.29, 1.82) is 0 Å². The molecule has 0 radical (unpaired) electrons. The first-order valence-corrected chi connectivity index (χ1v) is 11.5. The molecule has 2 fully saturated rings. The van der Waals surface area contributed by atoms with Crippen molar-refractivity contribution in [1.82, 2.24) is 0 Å². The summed E-state index contributed by atoms with van der Waals surface area (Å²) in [4.78, 5) is 0. The third kappa shape index (κ3) is 3.33. The van der Waals surface area contributed by atoms with E-state index in [2.05, 4.69) is 108 Å². The predicted octanol–water partition coefficient (Wildman–Crippen LogP) is 6.70. The first kappa shape index (κ1) is 20.0. The molecule has 5 rings (SSSR count). The summed E-state index contributed by atoms with van der Waals surface area (Å²) in [5.41, 5.74) is 3.41. The van der Waals surface area contributed by atoms with Crippen molar-refractivity contribution in [2.45, 2.75) is 31.5 Å². The fraction of sp³-hybridized carbons (Fsp3) is 0.333. The van der Waals surface area contributed by atoms with Crippen molar-refractivity contribution in [3.63, 3.8) is 0 Å². The maximum Gasteiger partial charge on any atom is 0.0991 e. The molecule has 3 heteroatoms. The summed E-state index contributed by atoms with van der Waals surface area (Å²) in [5, 5.41) is 0. The highest BCUT2D eigenvalue weighted by atomic mass is 79.9. The Labute approximate surface area is 187 Å². The van der Waals surface area contributed by atoms with Gasteiger partial charge in [-0.3, -0.25) is 0 Å². The topological polar surface area (TPSA) is 18.5 Å². The van der Waals surface area contributed by atoms with Gasteiger partial charge in [-0.05, 0) is 54.5 Å². The van der Waals surface area contributed by atoms with Gasteiger partial charge in [-0.15, -0.1) is 0 Å². The zero-order valence-corrected chi connectivity index (χ0v) is 18.8. The smallest absolute Gasteiger partial charge is 0.0991 e. The van der Waals surface area contributed by atoms with Crippen LogP contribution in [0.1, 0.15) is 36.1 Å². The standard InChI is InChI=1S/C27H27BrO2/c1-26(22-12-14-24(28)15-13-22)27(18-23(27)19-30-26)25(21-10-6-3-7-11-21)29-17-16-20-8-4-2-5-9-20/h2-15,23,25H,16-19H2,1H3/t23-,25-,26-,27-/m1/s1. The average Bonchev–Trinajstić information content (AvgIpc) is 3.45. The van der Waals surface area contributed by atoms with Crippen LogP contribution < -0.4 is 0 Å². The number of ether oxygens (including phenoxy) is 2. The van der Waals surface area contributed by atoms with Crippen LogP contribution in [-0.4, -0.2) is 13.2 Å². The monoisotopic (exact) mass is 462 g/mol. The molecular formula is C27H27BrO2. The molecule has 154 valence electrons. The number of hydrogen-bond donors (Lipinski definition) is 0. The first-order valence-electron chi connectivity index (χ1n) is 10.7. The molecule has 0 aromatic heterocycles. The van der Waals surface area contributed by atoms with Gasteiger partial charge in [-0.2, -0.15) is 0 Å². The molecule has 2 aliphatic rings. The minimum Gasteiger partial charge on any atom is -0.372 e. The predicted molar refractivity (Wildman–Crippen MR) is 123 cm³/mol. The number of hydrogen-bond acceptors (Lipinski definition) is 2. The van der Waals surface area contributed by atoms with Crippen LogP contribution >= 0.6 is 15.9 Å². The van der Waals surface area contributed by atoms with E-state index >= 15 is 0 Å². The summed E-state index contributed by atoms with van der Waals surface area (Å²) >= 11 is 3.57. The van der Waals surface area contributed by atoms with Crippen molar-refractivity contribution in [2.24, 2.45) is 11.3 Å². The Bertz CT molecular complexity index is 988. The fourth-order valence-corrected chi connectivity index (χ4v) is 5.61. The Balaban J connectivity index is 1.46. The average molecular weight is 463 g/mol. The van der Waals surface area contributed by atoms with E-state index in [-0.39, 0.29) is 17.1 Å². The summed E-state index contributed by atoms with van der Waals surface area (Å²) in [6.07, 6.45) is 2.08. The summed E-state index contributed by atoms with van der Waals surface area (Å²) in [6, 6.07) is 29.9. The van der Waals surface area contributed by atoms with Crippen LogP contribution in [0, 0.1) is 11.3 Å². The summed E-state index contributed by atoms with van der Waals surface area (Å²) in [5.74, 6) is 0.535. The Morgan fingerprint density at radius 1 is 0.967 bits per heavy atom. The lowest BCUT2D eigenvalue weighted by atomic mass is 9.74. The molecule has 1 saturated heterocycles. The van der Waals surface area contributed by atoms with E-state index in [9.17, 15) is 0 Å². The second-order valence-electron chi connectivity index (χ2n) is 8.69. The Kier molecular flexibility index (Phi) is 5.30. The van der Waals surface area contributed by atoms with Gasteiger partial charge in [-0.25, -0.2) is 0 Å². The van der Waals surface area contributed by atoms with E-state index in [1.807, 2.05) is 0 Å². The molecule has 1 aliphatic heterocycles. The molecule has 2 nitrogen and oxygen atoms in total. The van der Waals surface area contributed by atoms with Gasteiger partial charge in [0.15, 0.2) is 0 Å². The van der Waals surface area contributed by atoms with Gasteiger partial charge in [0, 0.05) is 9.89 Å². The van der Waals surface area contributed by atoms with Crippen molar-refractivity contribution in [3.8, 4) is 0 Å².